The van der Waals surface area contributed by atoms with Crippen LogP contribution in [-0.4, -0.2) is 18.4 Å². The molecular formula is C10H21F3O. The van der Waals surface area contributed by atoms with Gasteiger partial charge in [-0.2, -0.15) is 13.2 Å². The van der Waals surface area contributed by atoms with E-state index in [2.05, 4.69) is 0 Å². The van der Waals surface area contributed by atoms with Gasteiger partial charge in [-0.15, -0.1) is 0 Å². The van der Waals surface area contributed by atoms with Crippen molar-refractivity contribution < 1.29 is 17.9 Å². The second-order valence-electron chi connectivity index (χ2n) is 3.71. The van der Waals surface area contributed by atoms with Gasteiger partial charge < -0.3 is 4.74 Å². The lowest BCUT2D eigenvalue weighted by molar-refractivity contribution is -0.265. The highest BCUT2D eigenvalue weighted by Gasteiger charge is 2.48. The molecule has 0 bridgehead atoms. The molecule has 88 valence electrons. The molecule has 0 aliphatic rings. The molecule has 0 fully saturated rings. The van der Waals surface area contributed by atoms with Crippen LogP contribution in [0.15, 0.2) is 0 Å². The van der Waals surface area contributed by atoms with Crippen molar-refractivity contribution >= 4 is 0 Å². The molecule has 0 N–H and O–H groups in total. The molecule has 0 aromatic rings. The fourth-order valence-electron chi connectivity index (χ4n) is 0.457. The molecular weight excluding hydrogens is 193 g/mol. The van der Waals surface area contributed by atoms with Gasteiger partial charge in [0.25, 0.3) is 0 Å². The van der Waals surface area contributed by atoms with E-state index in [1.165, 1.54) is 0 Å². The lowest BCUT2D eigenvalue weighted by Crippen LogP contribution is -2.42. The van der Waals surface area contributed by atoms with Gasteiger partial charge in [-0.3, -0.25) is 0 Å². The van der Waals surface area contributed by atoms with Crippen LogP contribution in [0.25, 0.3) is 0 Å². The highest BCUT2D eigenvalue weighted by atomic mass is 19.4. The standard InChI is InChI=1S/C8H15F3O.C2H6/c1-6(2)5-12-7(3,4)8(9,10)11;1-2/h6H,5H2,1-4H3;1-2H3. The van der Waals surface area contributed by atoms with Gasteiger partial charge in [0.15, 0.2) is 5.60 Å². The molecule has 0 unspecified atom stereocenters. The molecule has 0 aromatic carbocycles. The first-order valence-electron chi connectivity index (χ1n) is 4.87. The number of ether oxygens (including phenoxy) is 1. The topological polar surface area (TPSA) is 9.23 Å². The molecule has 0 spiro atoms. The molecule has 14 heavy (non-hydrogen) atoms. The summed E-state index contributed by atoms with van der Waals surface area (Å²) in [5.74, 6) is 0.117. The summed E-state index contributed by atoms with van der Waals surface area (Å²) >= 11 is 0. The third-order valence-corrected chi connectivity index (χ3v) is 1.46. The molecule has 0 aromatic heterocycles. The maximum atomic E-state index is 12.2. The molecule has 0 saturated carbocycles. The molecule has 0 aliphatic heterocycles. The van der Waals surface area contributed by atoms with E-state index in [4.69, 9.17) is 4.74 Å². The Morgan fingerprint density at radius 2 is 1.43 bits per heavy atom. The predicted molar refractivity (Wildman–Crippen MR) is 52.3 cm³/mol. The molecule has 0 rings (SSSR count). The van der Waals surface area contributed by atoms with Crippen LogP contribution in [0.1, 0.15) is 41.5 Å². The Balaban J connectivity index is 0. The van der Waals surface area contributed by atoms with E-state index in [-0.39, 0.29) is 12.5 Å². The van der Waals surface area contributed by atoms with Crippen LogP contribution in [0.5, 0.6) is 0 Å². The third kappa shape index (κ3) is 6.24. The van der Waals surface area contributed by atoms with Gasteiger partial charge in [0.2, 0.25) is 0 Å². The molecule has 0 radical (unpaired) electrons. The summed E-state index contributed by atoms with van der Waals surface area (Å²) in [7, 11) is 0. The largest absolute Gasteiger partial charge is 0.416 e. The van der Waals surface area contributed by atoms with Crippen LogP contribution in [0.4, 0.5) is 13.2 Å². The van der Waals surface area contributed by atoms with E-state index < -0.39 is 11.8 Å². The number of rotatable bonds is 3. The Labute approximate surface area is 84.6 Å². The normalized spacial score (nSPS) is 12.4. The molecule has 0 heterocycles. The summed E-state index contributed by atoms with van der Waals surface area (Å²) in [6.45, 7) is 9.83. The Morgan fingerprint density at radius 1 is 1.07 bits per heavy atom. The van der Waals surface area contributed by atoms with Crippen LogP contribution in [0, 0.1) is 5.92 Å². The van der Waals surface area contributed by atoms with Crippen molar-refractivity contribution in [1.82, 2.24) is 0 Å². The fourth-order valence-corrected chi connectivity index (χ4v) is 0.457. The summed E-state index contributed by atoms with van der Waals surface area (Å²) < 4.78 is 41.2. The van der Waals surface area contributed by atoms with Crippen molar-refractivity contribution in [3.8, 4) is 0 Å². The van der Waals surface area contributed by atoms with Crippen LogP contribution in [-0.2, 0) is 4.74 Å². The number of hydrogen-bond donors (Lipinski definition) is 0. The van der Waals surface area contributed by atoms with E-state index in [0.717, 1.165) is 13.8 Å². The highest BCUT2D eigenvalue weighted by Crippen LogP contribution is 2.32. The number of alkyl halides is 3. The number of halogens is 3. The smallest absolute Gasteiger partial charge is 0.366 e. The van der Waals surface area contributed by atoms with Crippen molar-refractivity contribution in [2.75, 3.05) is 6.61 Å². The van der Waals surface area contributed by atoms with Gasteiger partial charge >= 0.3 is 6.18 Å². The first-order valence-corrected chi connectivity index (χ1v) is 4.87. The summed E-state index contributed by atoms with van der Waals surface area (Å²) in [6.07, 6.45) is -4.29. The summed E-state index contributed by atoms with van der Waals surface area (Å²) in [6, 6.07) is 0. The van der Waals surface area contributed by atoms with Crippen molar-refractivity contribution in [3.63, 3.8) is 0 Å². The lowest BCUT2D eigenvalue weighted by Gasteiger charge is -2.28. The Bertz CT molecular complexity index is 139. The van der Waals surface area contributed by atoms with Crippen molar-refractivity contribution in [1.29, 1.82) is 0 Å². The summed E-state index contributed by atoms with van der Waals surface area (Å²) in [5.41, 5.74) is -2.03. The molecule has 0 saturated heterocycles. The molecule has 4 heteroatoms. The van der Waals surface area contributed by atoms with Gasteiger partial charge in [0.05, 0.1) is 6.61 Å². The van der Waals surface area contributed by atoms with Crippen molar-refractivity contribution in [2.45, 2.75) is 53.3 Å². The maximum Gasteiger partial charge on any atom is 0.416 e. The molecule has 0 atom stereocenters. The maximum absolute atomic E-state index is 12.2. The van der Waals surface area contributed by atoms with Crippen LogP contribution in [0.2, 0.25) is 0 Å². The van der Waals surface area contributed by atoms with Crippen LogP contribution in [0.3, 0.4) is 0 Å². The Hall–Kier alpha value is -0.250. The minimum atomic E-state index is -4.29. The minimum absolute atomic E-state index is 0.117. The Kier molecular flexibility index (Phi) is 7.26. The second kappa shape index (κ2) is 6.27. The molecule has 0 amide bonds. The highest BCUT2D eigenvalue weighted by molar-refractivity contribution is 4.78. The molecule has 0 aliphatic carbocycles. The average Bonchev–Trinajstić information content (AvgIpc) is 2.03. The van der Waals surface area contributed by atoms with E-state index in [1.54, 1.807) is 0 Å². The summed E-state index contributed by atoms with van der Waals surface area (Å²) in [5, 5.41) is 0. The van der Waals surface area contributed by atoms with E-state index in [0.29, 0.717) is 0 Å². The van der Waals surface area contributed by atoms with Gasteiger partial charge in [0.1, 0.15) is 0 Å². The Morgan fingerprint density at radius 3 is 1.64 bits per heavy atom. The third-order valence-electron chi connectivity index (χ3n) is 1.46. The van der Waals surface area contributed by atoms with Gasteiger partial charge in [-0.25, -0.2) is 0 Å². The van der Waals surface area contributed by atoms with E-state index >= 15 is 0 Å². The van der Waals surface area contributed by atoms with Crippen LogP contribution < -0.4 is 0 Å². The van der Waals surface area contributed by atoms with E-state index in [9.17, 15) is 13.2 Å². The zero-order valence-electron chi connectivity index (χ0n) is 9.83. The minimum Gasteiger partial charge on any atom is -0.366 e. The SMILES string of the molecule is CC.CC(C)COC(C)(C)C(F)(F)F. The average molecular weight is 214 g/mol. The second-order valence-corrected chi connectivity index (χ2v) is 3.71. The van der Waals surface area contributed by atoms with Gasteiger partial charge in [-0.1, -0.05) is 27.7 Å². The number of hydrogen-bond acceptors (Lipinski definition) is 1. The summed E-state index contributed by atoms with van der Waals surface area (Å²) in [4.78, 5) is 0. The van der Waals surface area contributed by atoms with Crippen LogP contribution >= 0.6 is 0 Å². The monoisotopic (exact) mass is 214 g/mol. The van der Waals surface area contributed by atoms with E-state index in [1.807, 2.05) is 27.7 Å². The quantitative estimate of drug-likeness (QED) is 0.689. The van der Waals surface area contributed by atoms with Gasteiger partial charge in [-0.05, 0) is 19.8 Å². The lowest BCUT2D eigenvalue weighted by atomic mass is 10.1. The zero-order valence-corrected chi connectivity index (χ0v) is 9.83. The zero-order chi connectivity index (χ0) is 12.0. The first kappa shape index (κ1) is 16.2. The first-order chi connectivity index (χ1) is 6.17. The van der Waals surface area contributed by atoms with Gasteiger partial charge in [0, 0.05) is 0 Å². The fraction of sp³-hybridized carbons (Fsp3) is 1.00. The molecule has 1 nitrogen and oxygen atoms in total. The van der Waals surface area contributed by atoms with Crippen molar-refractivity contribution in [3.05, 3.63) is 0 Å². The van der Waals surface area contributed by atoms with Crippen molar-refractivity contribution in [2.24, 2.45) is 5.92 Å². The predicted octanol–water partition coefficient (Wildman–Crippen LogP) is 4.03.